The third-order valence-electron chi connectivity index (χ3n) is 3.95. The molecule has 0 aromatic heterocycles. The van der Waals surface area contributed by atoms with Gasteiger partial charge in [-0.15, -0.1) is 0 Å². The molecule has 0 bridgehead atoms. The second-order valence-corrected chi connectivity index (χ2v) is 10.8. The molecule has 1 N–H and O–H groups in total. The molecule has 1 amide bonds. The van der Waals surface area contributed by atoms with Gasteiger partial charge in [0.05, 0.1) is 28.2 Å². The molecule has 12 heteroatoms. The van der Waals surface area contributed by atoms with E-state index in [1.807, 2.05) is 0 Å². The van der Waals surface area contributed by atoms with Crippen LogP contribution in [0.25, 0.3) is 0 Å². The standard InChI is InChI=1S/C22H25Cl2N3O6S/c1-22(2,3)33-20(29)14-32-16-10-8-15(9-11-16)12-25-26-19(28)13-27(34(4,30)31)18-7-5-6-17(23)21(18)24/h5-12H,13-14H2,1-4H3,(H,26,28)/b25-12-. The van der Waals surface area contributed by atoms with E-state index in [1.54, 1.807) is 45.0 Å². The van der Waals surface area contributed by atoms with Crippen molar-refractivity contribution in [2.24, 2.45) is 5.10 Å². The quantitative estimate of drug-likeness (QED) is 0.301. The molecular weight excluding hydrogens is 505 g/mol. The number of hydrogen-bond donors (Lipinski definition) is 1. The van der Waals surface area contributed by atoms with Gasteiger partial charge in [-0.25, -0.2) is 18.6 Å². The Kier molecular flexibility index (Phi) is 9.31. The highest BCUT2D eigenvalue weighted by Gasteiger charge is 2.23. The number of anilines is 1. The summed E-state index contributed by atoms with van der Waals surface area (Å²) < 4.78 is 35.8. The Morgan fingerprint density at radius 2 is 1.76 bits per heavy atom. The number of nitrogens with zero attached hydrogens (tertiary/aromatic N) is 2. The van der Waals surface area contributed by atoms with Crippen LogP contribution < -0.4 is 14.5 Å². The molecule has 9 nitrogen and oxygen atoms in total. The minimum absolute atomic E-state index is 0.0138. The van der Waals surface area contributed by atoms with Gasteiger partial charge in [-0.2, -0.15) is 5.10 Å². The lowest BCUT2D eigenvalue weighted by molar-refractivity contribution is -0.157. The highest BCUT2D eigenvalue weighted by molar-refractivity contribution is 7.92. The van der Waals surface area contributed by atoms with Gasteiger partial charge in [0.2, 0.25) is 10.0 Å². The molecule has 0 saturated carbocycles. The van der Waals surface area contributed by atoms with Crippen molar-refractivity contribution >= 4 is 57.0 Å². The molecule has 2 aromatic rings. The normalized spacial score (nSPS) is 11.8. The van der Waals surface area contributed by atoms with E-state index in [9.17, 15) is 18.0 Å². The Hall–Kier alpha value is -2.82. The lowest BCUT2D eigenvalue weighted by Crippen LogP contribution is -2.39. The maximum Gasteiger partial charge on any atom is 0.344 e. The number of amides is 1. The zero-order chi connectivity index (χ0) is 25.5. The van der Waals surface area contributed by atoms with E-state index in [2.05, 4.69) is 10.5 Å². The van der Waals surface area contributed by atoms with Crippen molar-refractivity contribution in [3.05, 3.63) is 58.1 Å². The van der Waals surface area contributed by atoms with Crippen molar-refractivity contribution in [2.75, 3.05) is 23.7 Å². The molecule has 0 heterocycles. The number of carbonyl (C=O) groups is 2. The predicted octanol–water partition coefficient (Wildman–Crippen LogP) is 3.63. The Bertz CT molecular complexity index is 1160. The first-order valence-corrected chi connectivity index (χ1v) is 12.5. The molecular formula is C22H25Cl2N3O6S. The van der Waals surface area contributed by atoms with Crippen LogP contribution in [0.5, 0.6) is 5.75 Å². The molecule has 0 atom stereocenters. The molecule has 0 aliphatic carbocycles. The first-order valence-electron chi connectivity index (χ1n) is 9.94. The third kappa shape index (κ3) is 8.85. The molecule has 34 heavy (non-hydrogen) atoms. The topological polar surface area (TPSA) is 114 Å². The summed E-state index contributed by atoms with van der Waals surface area (Å²) in [5, 5.41) is 4.01. The van der Waals surface area contributed by atoms with Gasteiger partial charge in [0, 0.05) is 0 Å². The number of esters is 1. The van der Waals surface area contributed by atoms with Crippen LogP contribution in [0.15, 0.2) is 47.6 Å². The van der Waals surface area contributed by atoms with Gasteiger partial charge in [0.15, 0.2) is 6.61 Å². The SMILES string of the molecule is CC(C)(C)OC(=O)COc1ccc(/C=N\NC(=O)CN(c2cccc(Cl)c2Cl)S(C)(=O)=O)cc1. The molecule has 0 aliphatic rings. The zero-order valence-corrected chi connectivity index (χ0v) is 21.4. The van der Waals surface area contributed by atoms with Crippen LogP contribution in [0.2, 0.25) is 10.0 Å². The fraction of sp³-hybridized carbons (Fsp3) is 0.318. The average molecular weight is 530 g/mol. The minimum atomic E-state index is -3.83. The maximum absolute atomic E-state index is 12.3. The molecule has 184 valence electrons. The number of nitrogens with one attached hydrogen (secondary N) is 1. The second kappa shape index (κ2) is 11.5. The third-order valence-corrected chi connectivity index (χ3v) is 5.88. The van der Waals surface area contributed by atoms with Crippen LogP contribution >= 0.6 is 23.2 Å². The van der Waals surface area contributed by atoms with E-state index >= 15 is 0 Å². The van der Waals surface area contributed by atoms with Crippen LogP contribution in [-0.2, 0) is 24.3 Å². The van der Waals surface area contributed by atoms with Gasteiger partial charge < -0.3 is 9.47 Å². The summed E-state index contributed by atoms with van der Waals surface area (Å²) in [6, 6.07) is 11.0. The number of hydrazone groups is 1. The predicted molar refractivity (Wildman–Crippen MR) is 132 cm³/mol. The number of sulfonamides is 1. The fourth-order valence-corrected chi connectivity index (χ4v) is 3.88. The molecule has 0 unspecified atom stereocenters. The van der Waals surface area contributed by atoms with Gasteiger partial charge in [0.1, 0.15) is 17.9 Å². The summed E-state index contributed by atoms with van der Waals surface area (Å²) in [5.74, 6) is -0.715. The van der Waals surface area contributed by atoms with E-state index < -0.39 is 34.0 Å². The van der Waals surface area contributed by atoms with Crippen molar-refractivity contribution in [1.82, 2.24) is 5.43 Å². The Morgan fingerprint density at radius 3 is 2.35 bits per heavy atom. The second-order valence-electron chi connectivity index (χ2n) is 8.08. The van der Waals surface area contributed by atoms with Crippen molar-refractivity contribution in [1.29, 1.82) is 0 Å². The molecule has 0 fully saturated rings. The lowest BCUT2D eigenvalue weighted by Gasteiger charge is -2.22. The summed E-state index contributed by atoms with van der Waals surface area (Å²) in [5.41, 5.74) is 2.39. The summed E-state index contributed by atoms with van der Waals surface area (Å²) in [6.45, 7) is 4.52. The Morgan fingerprint density at radius 1 is 1.12 bits per heavy atom. The van der Waals surface area contributed by atoms with Crippen LogP contribution in [-0.4, -0.2) is 51.5 Å². The molecule has 0 saturated heterocycles. The largest absolute Gasteiger partial charge is 0.482 e. The van der Waals surface area contributed by atoms with Gasteiger partial charge >= 0.3 is 5.97 Å². The number of carbonyl (C=O) groups excluding carboxylic acids is 2. The van der Waals surface area contributed by atoms with Crippen molar-refractivity contribution in [3.63, 3.8) is 0 Å². The number of halogens is 2. The summed E-state index contributed by atoms with van der Waals surface area (Å²) in [7, 11) is -3.83. The molecule has 0 aliphatic heterocycles. The van der Waals surface area contributed by atoms with Gasteiger partial charge in [-0.05, 0) is 62.7 Å². The number of benzene rings is 2. The van der Waals surface area contributed by atoms with E-state index in [0.717, 1.165) is 10.6 Å². The van der Waals surface area contributed by atoms with Gasteiger partial charge in [0.25, 0.3) is 5.91 Å². The minimum Gasteiger partial charge on any atom is -0.482 e. The van der Waals surface area contributed by atoms with Gasteiger partial charge in [-0.1, -0.05) is 29.3 Å². The van der Waals surface area contributed by atoms with Gasteiger partial charge in [-0.3, -0.25) is 9.10 Å². The first kappa shape index (κ1) is 27.4. The zero-order valence-electron chi connectivity index (χ0n) is 19.0. The average Bonchev–Trinajstić information content (AvgIpc) is 2.72. The van der Waals surface area contributed by atoms with Crippen LogP contribution in [0.1, 0.15) is 26.3 Å². The van der Waals surface area contributed by atoms with Crippen molar-refractivity contribution < 1.29 is 27.5 Å². The van der Waals surface area contributed by atoms with Crippen LogP contribution in [0.4, 0.5) is 5.69 Å². The van der Waals surface area contributed by atoms with Crippen LogP contribution in [0, 0.1) is 0 Å². The van der Waals surface area contributed by atoms with E-state index in [0.29, 0.717) is 11.3 Å². The molecule has 0 radical (unpaired) electrons. The first-order chi connectivity index (χ1) is 15.8. The summed E-state index contributed by atoms with van der Waals surface area (Å²) >= 11 is 12.1. The smallest absolute Gasteiger partial charge is 0.344 e. The Labute approximate surface area is 208 Å². The van der Waals surface area contributed by atoms with Crippen molar-refractivity contribution in [2.45, 2.75) is 26.4 Å². The monoisotopic (exact) mass is 529 g/mol. The number of rotatable bonds is 9. The maximum atomic E-state index is 12.3. The van der Waals surface area contributed by atoms with Crippen molar-refractivity contribution in [3.8, 4) is 5.75 Å². The molecule has 2 aromatic carbocycles. The van der Waals surface area contributed by atoms with E-state index in [4.69, 9.17) is 32.7 Å². The van der Waals surface area contributed by atoms with E-state index in [-0.39, 0.29) is 22.3 Å². The summed E-state index contributed by atoms with van der Waals surface area (Å²) in [4.78, 5) is 24.0. The fourth-order valence-electron chi connectivity index (χ4n) is 2.57. The Balaban J connectivity index is 1.95. The molecule has 0 spiro atoms. The summed E-state index contributed by atoms with van der Waals surface area (Å²) in [6.07, 6.45) is 2.32. The number of ether oxygens (including phenoxy) is 2. The van der Waals surface area contributed by atoms with Crippen LogP contribution in [0.3, 0.4) is 0 Å². The molecule has 2 rings (SSSR count). The lowest BCUT2D eigenvalue weighted by atomic mass is 10.2. The number of hydrogen-bond acceptors (Lipinski definition) is 7. The highest BCUT2D eigenvalue weighted by Crippen LogP contribution is 2.33. The van der Waals surface area contributed by atoms with E-state index in [1.165, 1.54) is 24.4 Å². The highest BCUT2D eigenvalue weighted by atomic mass is 35.5.